The summed E-state index contributed by atoms with van der Waals surface area (Å²) in [6.45, 7) is 2.44. The van der Waals surface area contributed by atoms with Crippen molar-refractivity contribution in [2.75, 3.05) is 13.1 Å². The Balaban J connectivity index is 2.03. The third-order valence-corrected chi connectivity index (χ3v) is 3.07. The maximum Gasteiger partial charge on any atom is 0.00448 e. The summed E-state index contributed by atoms with van der Waals surface area (Å²) in [6.07, 6.45) is 5.24. The van der Waals surface area contributed by atoms with Gasteiger partial charge in [-0.15, -0.1) is 0 Å². The number of hydrogen-bond donors (Lipinski definition) is 2. The van der Waals surface area contributed by atoms with Gasteiger partial charge in [0.15, 0.2) is 0 Å². The predicted octanol–water partition coefficient (Wildman–Crippen LogP) is 0.477. The second kappa shape index (κ2) is 2.21. The highest BCUT2D eigenvalue weighted by Crippen LogP contribution is 2.41. The monoisotopic (exact) mass is 140 g/mol. The molecule has 2 fully saturated rings. The first-order valence-corrected chi connectivity index (χ1v) is 4.27. The molecule has 0 bridgehead atoms. The first kappa shape index (κ1) is 6.62. The van der Waals surface area contributed by atoms with Crippen LogP contribution in [0.4, 0.5) is 0 Å². The Kier molecular flexibility index (Phi) is 1.46. The average Bonchev–Trinajstić information content (AvgIpc) is 2.46. The van der Waals surface area contributed by atoms with Gasteiger partial charge in [-0.05, 0) is 37.6 Å². The average molecular weight is 140 g/mol. The Labute approximate surface area is 62.2 Å². The molecular weight excluding hydrogens is 124 g/mol. The van der Waals surface area contributed by atoms with Crippen molar-refractivity contribution >= 4 is 0 Å². The molecule has 0 amide bonds. The maximum absolute atomic E-state index is 5.86. The van der Waals surface area contributed by atoms with Crippen LogP contribution in [0.1, 0.15) is 25.7 Å². The molecule has 2 nitrogen and oxygen atoms in total. The fourth-order valence-corrected chi connectivity index (χ4v) is 2.44. The lowest BCUT2D eigenvalue weighted by Gasteiger charge is -2.20. The van der Waals surface area contributed by atoms with E-state index in [1.54, 1.807) is 0 Å². The van der Waals surface area contributed by atoms with Crippen LogP contribution in [0.2, 0.25) is 0 Å². The van der Waals surface area contributed by atoms with Crippen LogP contribution in [0.25, 0.3) is 0 Å². The van der Waals surface area contributed by atoms with E-state index in [4.69, 9.17) is 5.73 Å². The molecule has 2 heteroatoms. The number of hydrogen-bond acceptors (Lipinski definition) is 2. The summed E-state index contributed by atoms with van der Waals surface area (Å²) in [5.41, 5.74) is 6.49. The summed E-state index contributed by atoms with van der Waals surface area (Å²) in [5, 5.41) is 3.42. The molecule has 0 aromatic heterocycles. The molecule has 10 heavy (non-hydrogen) atoms. The molecule has 2 aliphatic rings. The van der Waals surface area contributed by atoms with Crippen molar-refractivity contribution in [1.82, 2.24) is 5.32 Å². The zero-order valence-electron chi connectivity index (χ0n) is 6.40. The predicted molar refractivity (Wildman–Crippen MR) is 41.7 cm³/mol. The van der Waals surface area contributed by atoms with Gasteiger partial charge < -0.3 is 11.1 Å². The zero-order chi connectivity index (χ0) is 7.03. The second-order valence-electron chi connectivity index (χ2n) is 3.93. The van der Waals surface area contributed by atoms with Crippen molar-refractivity contribution < 1.29 is 0 Å². The van der Waals surface area contributed by atoms with Gasteiger partial charge in [0.25, 0.3) is 0 Å². The van der Waals surface area contributed by atoms with Gasteiger partial charge in [0, 0.05) is 12.6 Å². The molecule has 1 saturated heterocycles. The summed E-state index contributed by atoms with van der Waals surface area (Å²) in [4.78, 5) is 0. The molecule has 1 heterocycles. The van der Waals surface area contributed by atoms with Crippen molar-refractivity contribution in [3.63, 3.8) is 0 Å². The van der Waals surface area contributed by atoms with Crippen LogP contribution in [-0.4, -0.2) is 19.1 Å². The molecule has 0 radical (unpaired) electrons. The fraction of sp³-hybridized carbons (Fsp3) is 1.00. The van der Waals surface area contributed by atoms with E-state index in [0.717, 1.165) is 0 Å². The van der Waals surface area contributed by atoms with Gasteiger partial charge in [0.2, 0.25) is 0 Å². The van der Waals surface area contributed by atoms with E-state index < -0.39 is 0 Å². The molecule has 0 aromatic carbocycles. The summed E-state index contributed by atoms with van der Waals surface area (Å²) in [6, 6.07) is 0.500. The number of nitrogens with one attached hydrogen (secondary N) is 1. The Hall–Kier alpha value is -0.0800. The van der Waals surface area contributed by atoms with E-state index in [2.05, 4.69) is 5.32 Å². The lowest BCUT2D eigenvalue weighted by atomic mass is 9.85. The van der Waals surface area contributed by atoms with Crippen LogP contribution < -0.4 is 11.1 Å². The van der Waals surface area contributed by atoms with E-state index in [-0.39, 0.29) is 0 Å². The minimum atomic E-state index is 0.500. The summed E-state index contributed by atoms with van der Waals surface area (Å²) in [5.74, 6) is 0. The standard InChI is InChI=1S/C8H16N2/c9-7-1-2-8(5-7)3-4-10-6-8/h7,10H,1-6,9H2/t7-,8-/m1/s1. The Bertz CT molecular complexity index is 127. The summed E-state index contributed by atoms with van der Waals surface area (Å²) < 4.78 is 0. The molecule has 0 aromatic rings. The van der Waals surface area contributed by atoms with Crippen molar-refractivity contribution in [2.45, 2.75) is 31.7 Å². The highest BCUT2D eigenvalue weighted by Gasteiger charge is 2.39. The molecular formula is C8H16N2. The van der Waals surface area contributed by atoms with E-state index in [9.17, 15) is 0 Å². The molecule has 1 aliphatic carbocycles. The van der Waals surface area contributed by atoms with Crippen LogP contribution in [-0.2, 0) is 0 Å². The Morgan fingerprint density at radius 1 is 1.40 bits per heavy atom. The van der Waals surface area contributed by atoms with Gasteiger partial charge in [-0.2, -0.15) is 0 Å². The molecule has 3 N–H and O–H groups in total. The van der Waals surface area contributed by atoms with Crippen molar-refractivity contribution in [3.05, 3.63) is 0 Å². The van der Waals surface area contributed by atoms with Gasteiger partial charge in [-0.3, -0.25) is 0 Å². The first-order valence-electron chi connectivity index (χ1n) is 4.27. The lowest BCUT2D eigenvalue weighted by molar-refractivity contribution is 0.331. The Morgan fingerprint density at radius 3 is 2.80 bits per heavy atom. The smallest absolute Gasteiger partial charge is 0.00448 e. The molecule has 2 atom stereocenters. The van der Waals surface area contributed by atoms with Crippen LogP contribution in [0.15, 0.2) is 0 Å². The van der Waals surface area contributed by atoms with Gasteiger partial charge in [0.1, 0.15) is 0 Å². The highest BCUT2D eigenvalue weighted by atomic mass is 14.9. The number of rotatable bonds is 0. The van der Waals surface area contributed by atoms with Gasteiger partial charge in [-0.1, -0.05) is 0 Å². The van der Waals surface area contributed by atoms with E-state index in [0.29, 0.717) is 11.5 Å². The molecule has 1 spiro atoms. The quantitative estimate of drug-likeness (QED) is 0.513. The van der Waals surface area contributed by atoms with Gasteiger partial charge in [0.05, 0.1) is 0 Å². The van der Waals surface area contributed by atoms with Crippen LogP contribution in [0.5, 0.6) is 0 Å². The van der Waals surface area contributed by atoms with Crippen molar-refractivity contribution in [2.24, 2.45) is 11.1 Å². The molecule has 58 valence electrons. The van der Waals surface area contributed by atoms with Gasteiger partial charge >= 0.3 is 0 Å². The number of nitrogens with two attached hydrogens (primary N) is 1. The molecule has 0 unspecified atom stereocenters. The lowest BCUT2D eigenvalue weighted by Crippen LogP contribution is -2.23. The minimum Gasteiger partial charge on any atom is -0.328 e. The topological polar surface area (TPSA) is 38.0 Å². The SMILES string of the molecule is N[C@@H]1CC[C@@]2(CCNC2)C1. The normalized spacial score (nSPS) is 47.1. The van der Waals surface area contributed by atoms with Crippen LogP contribution in [0.3, 0.4) is 0 Å². The third-order valence-electron chi connectivity index (χ3n) is 3.07. The largest absolute Gasteiger partial charge is 0.328 e. The third kappa shape index (κ3) is 0.956. The second-order valence-corrected chi connectivity index (χ2v) is 3.93. The Morgan fingerprint density at radius 2 is 2.30 bits per heavy atom. The van der Waals surface area contributed by atoms with E-state index in [1.165, 1.54) is 38.8 Å². The van der Waals surface area contributed by atoms with Crippen molar-refractivity contribution in [1.29, 1.82) is 0 Å². The highest BCUT2D eigenvalue weighted by molar-refractivity contribution is 4.95. The molecule has 1 saturated carbocycles. The minimum absolute atomic E-state index is 0.500. The van der Waals surface area contributed by atoms with Gasteiger partial charge in [-0.25, -0.2) is 0 Å². The summed E-state index contributed by atoms with van der Waals surface area (Å²) in [7, 11) is 0. The maximum atomic E-state index is 5.86. The zero-order valence-corrected chi connectivity index (χ0v) is 6.40. The fourth-order valence-electron chi connectivity index (χ4n) is 2.44. The van der Waals surface area contributed by atoms with E-state index >= 15 is 0 Å². The molecule has 1 aliphatic heterocycles. The summed E-state index contributed by atoms with van der Waals surface area (Å²) >= 11 is 0. The molecule has 2 rings (SSSR count). The first-order chi connectivity index (χ1) is 4.81. The van der Waals surface area contributed by atoms with Crippen molar-refractivity contribution in [3.8, 4) is 0 Å². The van der Waals surface area contributed by atoms with E-state index in [1.807, 2.05) is 0 Å². The van der Waals surface area contributed by atoms with Crippen LogP contribution >= 0.6 is 0 Å². The van der Waals surface area contributed by atoms with Crippen LogP contribution in [0, 0.1) is 5.41 Å².